The van der Waals surface area contributed by atoms with Crippen molar-refractivity contribution < 1.29 is 19.1 Å². The van der Waals surface area contributed by atoms with E-state index in [1.54, 1.807) is 44.6 Å². The van der Waals surface area contributed by atoms with Crippen LogP contribution in [0.2, 0.25) is 0 Å². The van der Waals surface area contributed by atoms with Crippen LogP contribution >= 0.6 is 0 Å². The highest BCUT2D eigenvalue weighted by Crippen LogP contribution is 2.25. The number of hydrogen-bond donors (Lipinski definition) is 0. The quantitative estimate of drug-likeness (QED) is 0.771. The third-order valence-corrected chi connectivity index (χ3v) is 3.79. The monoisotopic (exact) mass is 344 g/mol. The van der Waals surface area contributed by atoms with Crippen molar-refractivity contribution >= 4 is 17.9 Å². The van der Waals surface area contributed by atoms with E-state index in [0.717, 1.165) is 17.6 Å². The van der Waals surface area contributed by atoms with Gasteiger partial charge >= 0.3 is 0 Å². The molecule has 134 valence electrons. The predicted molar refractivity (Wildman–Crippen MR) is 96.1 cm³/mol. The number of carbonyl (C=O) groups excluding carboxylic acids is 2. The summed E-state index contributed by atoms with van der Waals surface area (Å²) >= 11 is 0. The molecule has 6 heteroatoms. The van der Waals surface area contributed by atoms with E-state index < -0.39 is 0 Å². The summed E-state index contributed by atoms with van der Waals surface area (Å²) in [4.78, 5) is 24.7. The number of ether oxygens (including phenoxy) is 2. The first-order valence-electron chi connectivity index (χ1n) is 8.14. The molecule has 1 aliphatic heterocycles. The standard InChI is InChI=1S/C19H24N2O4/c1-14(2)12-19(23)21-11-5-10-20(21)18(22)9-6-15-13-16(24-3)7-8-17(15)25-4/h6-9,12-13H,5,10-11H2,1-4H3. The molecule has 1 aromatic rings. The molecule has 0 atom stereocenters. The SMILES string of the molecule is COc1ccc(OC)c(C=CC(=O)N2CCCN2C(=O)C=C(C)C)c1. The maximum absolute atomic E-state index is 12.5. The minimum Gasteiger partial charge on any atom is -0.497 e. The van der Waals surface area contributed by atoms with Crippen molar-refractivity contribution in [3.63, 3.8) is 0 Å². The van der Waals surface area contributed by atoms with Gasteiger partial charge in [0.15, 0.2) is 0 Å². The maximum atomic E-state index is 12.5. The number of benzene rings is 1. The van der Waals surface area contributed by atoms with E-state index in [1.165, 1.54) is 16.1 Å². The summed E-state index contributed by atoms with van der Waals surface area (Å²) in [5.41, 5.74) is 1.64. The number of nitrogens with zero attached hydrogens (tertiary/aromatic N) is 2. The lowest BCUT2D eigenvalue weighted by molar-refractivity contribution is -0.151. The van der Waals surface area contributed by atoms with Crippen LogP contribution in [-0.2, 0) is 9.59 Å². The summed E-state index contributed by atoms with van der Waals surface area (Å²) < 4.78 is 10.5. The maximum Gasteiger partial charge on any atom is 0.265 e. The molecule has 1 saturated heterocycles. The molecule has 0 saturated carbocycles. The van der Waals surface area contributed by atoms with E-state index in [4.69, 9.17) is 9.47 Å². The second-order valence-corrected chi connectivity index (χ2v) is 5.94. The number of rotatable bonds is 5. The zero-order valence-corrected chi connectivity index (χ0v) is 15.1. The van der Waals surface area contributed by atoms with Crippen LogP contribution in [0.15, 0.2) is 35.9 Å². The minimum absolute atomic E-state index is 0.168. The average Bonchev–Trinajstić information content (AvgIpc) is 3.08. The van der Waals surface area contributed by atoms with Gasteiger partial charge in [0.2, 0.25) is 0 Å². The Morgan fingerprint density at radius 2 is 1.72 bits per heavy atom. The van der Waals surface area contributed by atoms with Gasteiger partial charge in [0.05, 0.1) is 14.2 Å². The van der Waals surface area contributed by atoms with Gasteiger partial charge in [0, 0.05) is 30.8 Å². The molecule has 0 radical (unpaired) electrons. The Kier molecular flexibility index (Phi) is 6.22. The molecule has 1 aromatic carbocycles. The van der Waals surface area contributed by atoms with E-state index in [0.29, 0.717) is 24.6 Å². The van der Waals surface area contributed by atoms with Crippen LogP contribution < -0.4 is 9.47 Å². The van der Waals surface area contributed by atoms with Gasteiger partial charge in [0.25, 0.3) is 11.8 Å². The normalized spacial score (nSPS) is 13.9. The van der Waals surface area contributed by atoms with E-state index in [9.17, 15) is 9.59 Å². The molecule has 1 fully saturated rings. The predicted octanol–water partition coefficient (Wildman–Crippen LogP) is 2.66. The van der Waals surface area contributed by atoms with Gasteiger partial charge in [-0.1, -0.05) is 5.57 Å². The fraction of sp³-hybridized carbons (Fsp3) is 0.368. The second kappa shape index (κ2) is 8.37. The van der Waals surface area contributed by atoms with Gasteiger partial charge in [-0.15, -0.1) is 0 Å². The first-order chi connectivity index (χ1) is 12.0. The lowest BCUT2D eigenvalue weighted by Crippen LogP contribution is -2.43. The molecular formula is C19H24N2O4. The van der Waals surface area contributed by atoms with Crippen molar-refractivity contribution in [1.82, 2.24) is 10.0 Å². The fourth-order valence-electron chi connectivity index (χ4n) is 2.61. The van der Waals surface area contributed by atoms with Crippen LogP contribution in [0.5, 0.6) is 11.5 Å². The largest absolute Gasteiger partial charge is 0.497 e. The highest BCUT2D eigenvalue weighted by atomic mass is 16.5. The van der Waals surface area contributed by atoms with Gasteiger partial charge in [-0.2, -0.15) is 0 Å². The first kappa shape index (κ1) is 18.6. The summed E-state index contributed by atoms with van der Waals surface area (Å²) in [6.45, 7) is 4.79. The molecule has 0 aromatic heterocycles. The van der Waals surface area contributed by atoms with Gasteiger partial charge in [-0.25, -0.2) is 10.0 Å². The Bertz CT molecular complexity index is 705. The van der Waals surface area contributed by atoms with Crippen molar-refractivity contribution in [2.24, 2.45) is 0 Å². The highest BCUT2D eigenvalue weighted by Gasteiger charge is 2.28. The lowest BCUT2D eigenvalue weighted by atomic mass is 10.1. The Balaban J connectivity index is 2.17. The number of amides is 2. The van der Waals surface area contributed by atoms with Crippen molar-refractivity contribution in [3.8, 4) is 11.5 Å². The molecule has 2 rings (SSSR count). The van der Waals surface area contributed by atoms with Crippen molar-refractivity contribution in [2.75, 3.05) is 27.3 Å². The Labute approximate surface area is 148 Å². The second-order valence-electron chi connectivity index (χ2n) is 5.94. The van der Waals surface area contributed by atoms with Gasteiger partial charge < -0.3 is 9.47 Å². The zero-order valence-electron chi connectivity index (χ0n) is 15.1. The molecule has 25 heavy (non-hydrogen) atoms. The van der Waals surface area contributed by atoms with Gasteiger partial charge in [-0.3, -0.25) is 9.59 Å². The fourth-order valence-corrected chi connectivity index (χ4v) is 2.61. The molecule has 0 N–H and O–H groups in total. The summed E-state index contributed by atoms with van der Waals surface area (Å²) in [7, 11) is 3.15. The van der Waals surface area contributed by atoms with Crippen LogP contribution in [0.4, 0.5) is 0 Å². The smallest absolute Gasteiger partial charge is 0.265 e. The van der Waals surface area contributed by atoms with Gasteiger partial charge in [-0.05, 0) is 44.5 Å². The highest BCUT2D eigenvalue weighted by molar-refractivity contribution is 5.95. The van der Waals surface area contributed by atoms with Crippen LogP contribution in [0.1, 0.15) is 25.8 Å². The topological polar surface area (TPSA) is 59.1 Å². The Morgan fingerprint density at radius 3 is 2.32 bits per heavy atom. The zero-order chi connectivity index (χ0) is 18.4. The molecule has 2 amide bonds. The molecule has 0 aliphatic carbocycles. The summed E-state index contributed by atoms with van der Waals surface area (Å²) in [5.74, 6) is 0.911. The van der Waals surface area contributed by atoms with E-state index in [-0.39, 0.29) is 11.8 Å². The summed E-state index contributed by atoms with van der Waals surface area (Å²) in [6, 6.07) is 5.36. The number of carbonyl (C=O) groups is 2. The molecule has 0 spiro atoms. The molecule has 0 bridgehead atoms. The lowest BCUT2D eigenvalue weighted by Gasteiger charge is -2.26. The van der Waals surface area contributed by atoms with Crippen LogP contribution in [0.3, 0.4) is 0 Å². The number of methoxy groups -OCH3 is 2. The molecule has 6 nitrogen and oxygen atoms in total. The van der Waals surface area contributed by atoms with Crippen LogP contribution in [0, 0.1) is 0 Å². The third-order valence-electron chi connectivity index (χ3n) is 3.79. The van der Waals surface area contributed by atoms with Gasteiger partial charge in [0.1, 0.15) is 11.5 Å². The van der Waals surface area contributed by atoms with E-state index in [2.05, 4.69) is 0 Å². The summed E-state index contributed by atoms with van der Waals surface area (Å²) in [6.07, 6.45) is 5.43. The number of hydrazine groups is 1. The summed E-state index contributed by atoms with van der Waals surface area (Å²) in [5, 5.41) is 2.97. The Hall–Kier alpha value is -2.76. The Morgan fingerprint density at radius 1 is 1.04 bits per heavy atom. The third kappa shape index (κ3) is 4.62. The minimum atomic E-state index is -0.238. The molecule has 1 heterocycles. The average molecular weight is 344 g/mol. The molecular weight excluding hydrogens is 320 g/mol. The van der Waals surface area contributed by atoms with E-state index >= 15 is 0 Å². The number of hydrogen-bond acceptors (Lipinski definition) is 4. The molecule has 0 unspecified atom stereocenters. The van der Waals surface area contributed by atoms with E-state index in [1.807, 2.05) is 13.8 Å². The molecule has 1 aliphatic rings. The van der Waals surface area contributed by atoms with Crippen LogP contribution in [0.25, 0.3) is 6.08 Å². The first-order valence-corrected chi connectivity index (χ1v) is 8.14. The van der Waals surface area contributed by atoms with Crippen molar-refractivity contribution in [3.05, 3.63) is 41.5 Å². The van der Waals surface area contributed by atoms with Crippen molar-refractivity contribution in [2.45, 2.75) is 20.3 Å². The van der Waals surface area contributed by atoms with Crippen molar-refractivity contribution in [1.29, 1.82) is 0 Å². The van der Waals surface area contributed by atoms with Crippen LogP contribution in [-0.4, -0.2) is 49.1 Å². The number of allylic oxidation sites excluding steroid dienone is 1.